The second-order valence-electron chi connectivity index (χ2n) is 5.37. The van der Waals surface area contributed by atoms with Crippen LogP contribution in [0, 0.1) is 12.7 Å². The monoisotopic (exact) mass is 320 g/mol. The molecule has 7 nitrogen and oxygen atoms in total. The van der Waals surface area contributed by atoms with E-state index in [9.17, 15) is 9.18 Å². The summed E-state index contributed by atoms with van der Waals surface area (Å²) >= 11 is 0. The number of amides is 1. The molecule has 0 aliphatic carbocycles. The number of aryl methyl sites for hydroxylation is 2. The molecule has 8 heteroatoms. The number of hydrogen-bond acceptors (Lipinski definition) is 6. The van der Waals surface area contributed by atoms with E-state index in [2.05, 4.69) is 15.1 Å². The van der Waals surface area contributed by atoms with Gasteiger partial charge < -0.3 is 14.2 Å². The molecule has 3 rings (SSSR count). The lowest BCUT2D eigenvalue weighted by Crippen LogP contribution is -2.31. The van der Waals surface area contributed by atoms with Crippen LogP contribution in [0.2, 0.25) is 0 Å². The van der Waals surface area contributed by atoms with Crippen LogP contribution in [-0.4, -0.2) is 45.1 Å². The van der Waals surface area contributed by atoms with Crippen LogP contribution >= 0.6 is 0 Å². The van der Waals surface area contributed by atoms with Gasteiger partial charge in [-0.1, -0.05) is 12.1 Å². The van der Waals surface area contributed by atoms with E-state index >= 15 is 0 Å². The van der Waals surface area contributed by atoms with Gasteiger partial charge >= 0.3 is 0 Å². The Morgan fingerprint density at radius 2 is 2.35 bits per heavy atom. The average Bonchev–Trinajstić information content (AvgIpc) is 3.18. The van der Waals surface area contributed by atoms with Crippen molar-refractivity contribution in [2.24, 2.45) is 0 Å². The lowest BCUT2D eigenvalue weighted by atomic mass is 10.2. The summed E-state index contributed by atoms with van der Waals surface area (Å²) in [6, 6.07) is 0. The molecule has 0 saturated carbocycles. The quantitative estimate of drug-likeness (QED) is 0.854. The Morgan fingerprint density at radius 3 is 3.04 bits per heavy atom. The zero-order valence-corrected chi connectivity index (χ0v) is 13.0. The van der Waals surface area contributed by atoms with Gasteiger partial charge in [0, 0.05) is 13.0 Å². The summed E-state index contributed by atoms with van der Waals surface area (Å²) in [6.45, 7) is 4.40. The smallest absolute Gasteiger partial charge is 0.259 e. The van der Waals surface area contributed by atoms with E-state index in [1.807, 2.05) is 6.92 Å². The highest BCUT2D eigenvalue weighted by Crippen LogP contribution is 2.22. The first-order chi connectivity index (χ1) is 11.1. The third-order valence-electron chi connectivity index (χ3n) is 3.86. The van der Waals surface area contributed by atoms with Gasteiger partial charge in [-0.05, 0) is 13.3 Å². The van der Waals surface area contributed by atoms with Gasteiger partial charge in [-0.15, -0.1) is 0 Å². The second-order valence-corrected chi connectivity index (χ2v) is 5.37. The highest BCUT2D eigenvalue weighted by Gasteiger charge is 2.31. The molecule has 0 bridgehead atoms. The zero-order valence-electron chi connectivity index (χ0n) is 13.0. The first-order valence-corrected chi connectivity index (χ1v) is 7.46. The molecule has 1 amide bonds. The Hall–Kier alpha value is -2.51. The molecule has 122 valence electrons. The van der Waals surface area contributed by atoms with Gasteiger partial charge in [0.05, 0.1) is 18.4 Å². The van der Waals surface area contributed by atoms with Crippen molar-refractivity contribution < 1.29 is 18.4 Å². The molecule has 0 spiro atoms. The summed E-state index contributed by atoms with van der Waals surface area (Å²) in [5, 5.41) is 3.61. The number of likely N-dealkylation sites (tertiary alicyclic amines) is 1. The average molecular weight is 320 g/mol. The summed E-state index contributed by atoms with van der Waals surface area (Å²) in [7, 11) is 0. The number of hydrogen-bond donors (Lipinski definition) is 0. The lowest BCUT2D eigenvalue weighted by molar-refractivity contribution is 0.0768. The fraction of sp³-hybridized carbons (Fsp3) is 0.467. The molecule has 0 unspecified atom stereocenters. The first kappa shape index (κ1) is 15.4. The van der Waals surface area contributed by atoms with Gasteiger partial charge in [-0.3, -0.25) is 4.79 Å². The molecule has 2 aromatic rings. The van der Waals surface area contributed by atoms with Crippen molar-refractivity contribution in [1.29, 1.82) is 0 Å². The molecule has 0 N–H and O–H groups in total. The zero-order chi connectivity index (χ0) is 16.4. The number of rotatable bonds is 4. The Morgan fingerprint density at radius 1 is 1.52 bits per heavy atom. The van der Waals surface area contributed by atoms with Crippen LogP contribution in [0.25, 0.3) is 0 Å². The van der Waals surface area contributed by atoms with Gasteiger partial charge in [0.15, 0.2) is 0 Å². The van der Waals surface area contributed by atoms with E-state index in [1.54, 1.807) is 11.8 Å². The molecule has 1 saturated heterocycles. The van der Waals surface area contributed by atoms with Crippen molar-refractivity contribution in [2.75, 3.05) is 13.1 Å². The van der Waals surface area contributed by atoms with E-state index in [4.69, 9.17) is 9.26 Å². The lowest BCUT2D eigenvalue weighted by Gasteiger charge is -2.16. The Bertz CT molecular complexity index is 718. The largest absolute Gasteiger partial charge is 0.470 e. The molecular formula is C15H17FN4O3. The van der Waals surface area contributed by atoms with E-state index < -0.39 is 5.82 Å². The summed E-state index contributed by atoms with van der Waals surface area (Å²) in [5.41, 5.74) is 0.758. The van der Waals surface area contributed by atoms with Crippen LogP contribution in [-0.2, 0) is 6.42 Å². The Balaban J connectivity index is 1.67. The minimum atomic E-state index is -0.533. The molecule has 23 heavy (non-hydrogen) atoms. The topological polar surface area (TPSA) is 81.4 Å². The van der Waals surface area contributed by atoms with E-state index in [0.717, 1.165) is 0 Å². The van der Waals surface area contributed by atoms with Crippen molar-refractivity contribution in [3.63, 3.8) is 0 Å². The first-order valence-electron chi connectivity index (χ1n) is 7.46. The Labute approximate surface area is 132 Å². The third kappa shape index (κ3) is 3.01. The highest BCUT2D eigenvalue weighted by molar-refractivity contribution is 5.94. The molecule has 0 radical (unpaired) electrons. The van der Waals surface area contributed by atoms with Crippen LogP contribution in [0.15, 0.2) is 17.0 Å². The molecule has 1 fully saturated rings. The highest BCUT2D eigenvalue weighted by atomic mass is 19.1. The van der Waals surface area contributed by atoms with Gasteiger partial charge in [0.25, 0.3) is 11.8 Å². The van der Waals surface area contributed by atoms with Crippen molar-refractivity contribution in [2.45, 2.75) is 32.8 Å². The minimum Gasteiger partial charge on any atom is -0.470 e. The summed E-state index contributed by atoms with van der Waals surface area (Å²) in [4.78, 5) is 21.7. The fourth-order valence-corrected chi connectivity index (χ4v) is 2.56. The van der Waals surface area contributed by atoms with Crippen LogP contribution < -0.4 is 4.74 Å². The number of nitrogens with zero attached hydrogens (tertiary/aromatic N) is 4. The summed E-state index contributed by atoms with van der Waals surface area (Å²) in [5.74, 6) is -0.270. The molecular weight excluding hydrogens is 303 g/mol. The van der Waals surface area contributed by atoms with Gasteiger partial charge in [0.1, 0.15) is 23.8 Å². The van der Waals surface area contributed by atoms with Crippen LogP contribution in [0.3, 0.4) is 0 Å². The molecule has 1 atom stereocenters. The number of ether oxygens (including phenoxy) is 1. The van der Waals surface area contributed by atoms with Crippen molar-refractivity contribution in [3.05, 3.63) is 35.4 Å². The number of carbonyl (C=O) groups excluding carboxylic acids is 1. The standard InChI is InChI=1S/C15H17FN4O3/c1-3-12-13(16)14(18-8-17-12)22-10-4-5-20(7-10)15(21)11-6-19-23-9(11)2/h6,8,10H,3-5,7H2,1-2H3/t10-/m1/s1. The third-order valence-corrected chi connectivity index (χ3v) is 3.86. The van der Waals surface area contributed by atoms with E-state index in [1.165, 1.54) is 12.5 Å². The Kier molecular flexibility index (Phi) is 4.22. The SMILES string of the molecule is CCc1ncnc(O[C@@H]2CCN(C(=O)c3cnoc3C)C2)c1F. The van der Waals surface area contributed by atoms with Crippen LogP contribution in [0.4, 0.5) is 4.39 Å². The van der Waals surface area contributed by atoms with Crippen molar-refractivity contribution in [3.8, 4) is 5.88 Å². The molecule has 1 aliphatic heterocycles. The van der Waals surface area contributed by atoms with Crippen LogP contribution in [0.5, 0.6) is 5.88 Å². The minimum absolute atomic E-state index is 0.0580. The predicted octanol–water partition coefficient (Wildman–Crippen LogP) is 1.77. The summed E-state index contributed by atoms with van der Waals surface area (Å²) in [6.07, 6.45) is 3.47. The maximum Gasteiger partial charge on any atom is 0.259 e. The van der Waals surface area contributed by atoms with Crippen LogP contribution in [0.1, 0.15) is 35.2 Å². The number of carbonyl (C=O) groups is 1. The predicted molar refractivity (Wildman–Crippen MR) is 77.5 cm³/mol. The van der Waals surface area contributed by atoms with E-state index in [-0.39, 0.29) is 17.9 Å². The molecule has 0 aromatic carbocycles. The maximum atomic E-state index is 14.1. The van der Waals surface area contributed by atoms with Gasteiger partial charge in [-0.25, -0.2) is 4.98 Å². The number of aromatic nitrogens is 3. The van der Waals surface area contributed by atoms with Gasteiger partial charge in [-0.2, -0.15) is 9.37 Å². The second kappa shape index (κ2) is 6.31. The summed E-state index contributed by atoms with van der Waals surface area (Å²) < 4.78 is 24.6. The maximum absolute atomic E-state index is 14.1. The van der Waals surface area contributed by atoms with Crippen molar-refractivity contribution >= 4 is 5.91 Å². The number of halogens is 1. The van der Waals surface area contributed by atoms with Gasteiger partial charge in [0.2, 0.25) is 5.82 Å². The molecule has 3 heterocycles. The van der Waals surface area contributed by atoms with E-state index in [0.29, 0.717) is 42.9 Å². The normalized spacial score (nSPS) is 17.5. The molecule has 2 aromatic heterocycles. The molecule has 1 aliphatic rings. The van der Waals surface area contributed by atoms with Crippen molar-refractivity contribution in [1.82, 2.24) is 20.0 Å². The fourth-order valence-electron chi connectivity index (χ4n) is 2.56.